The molecule has 0 radical (unpaired) electrons. The molecule has 0 unspecified atom stereocenters. The van der Waals surface area contributed by atoms with Gasteiger partial charge in [-0.3, -0.25) is 38.4 Å². The standard InChI is InChI=1S/C38H57N9O13/c1-18(2)10-25(43-30(50)15-41-32(53)20(5)42-36(57)28(16-48)46-33(54)23(39)13-31(51)52)34(55)47-29(17-49)37(58)44-26(35(56)45-27(38(59)60)11-19(3)4)12-21-14-40-24-9-7-6-8-22(21)24/h6-9,14,18-20,23,25-29,40,48-49H,10-13,15-17,39H2,1-5H3,(H,41,53)(H,42,57)(H,43,50)(H,44,58)(H,45,56)(H,46,54)(H,47,55)(H,51,52)(H,59,60)/t20-,23-,25-,26-,27-,28-,29-/m0/s1. The number of nitrogens with one attached hydrogen (secondary N) is 8. The number of fused-ring (bicyclic) bond motifs is 1. The summed E-state index contributed by atoms with van der Waals surface area (Å²) in [4.78, 5) is 117. The van der Waals surface area contributed by atoms with Gasteiger partial charge in [-0.05, 0) is 43.2 Å². The molecule has 0 fully saturated rings. The molecule has 0 aliphatic heterocycles. The number of carbonyl (C=O) groups is 9. The number of amides is 7. The second-order valence-corrected chi connectivity index (χ2v) is 15.0. The van der Waals surface area contributed by atoms with Crippen molar-refractivity contribution in [3.05, 3.63) is 36.0 Å². The number of H-pyrrole nitrogens is 1. The number of aromatic amines is 1. The van der Waals surface area contributed by atoms with Crippen LogP contribution in [0.25, 0.3) is 10.9 Å². The molecule has 14 N–H and O–H groups in total. The number of benzene rings is 1. The molecule has 332 valence electrons. The first kappa shape index (κ1) is 50.0. The third kappa shape index (κ3) is 16.3. The lowest BCUT2D eigenvalue weighted by Gasteiger charge is -2.26. The highest BCUT2D eigenvalue weighted by atomic mass is 16.4. The Morgan fingerprint density at radius 2 is 1.13 bits per heavy atom. The van der Waals surface area contributed by atoms with Crippen LogP contribution in [0.15, 0.2) is 30.5 Å². The van der Waals surface area contributed by atoms with E-state index in [1.165, 1.54) is 6.92 Å². The minimum Gasteiger partial charge on any atom is -0.481 e. The Hall–Kier alpha value is -6.13. The Labute approximate surface area is 345 Å². The van der Waals surface area contributed by atoms with Gasteiger partial charge in [0.05, 0.1) is 32.2 Å². The largest absolute Gasteiger partial charge is 0.481 e. The Balaban J connectivity index is 2.11. The van der Waals surface area contributed by atoms with Crippen molar-refractivity contribution in [1.82, 2.24) is 42.2 Å². The van der Waals surface area contributed by atoms with E-state index in [-0.39, 0.29) is 31.1 Å². The van der Waals surface area contributed by atoms with E-state index in [1.807, 2.05) is 0 Å². The van der Waals surface area contributed by atoms with Crippen LogP contribution in [-0.2, 0) is 49.6 Å². The fourth-order valence-electron chi connectivity index (χ4n) is 5.84. The van der Waals surface area contributed by atoms with Gasteiger partial charge in [-0.1, -0.05) is 45.9 Å². The third-order valence-electron chi connectivity index (χ3n) is 8.95. The van der Waals surface area contributed by atoms with Crippen LogP contribution in [0.3, 0.4) is 0 Å². The predicted molar refractivity (Wildman–Crippen MR) is 213 cm³/mol. The zero-order chi connectivity index (χ0) is 45.3. The number of para-hydroxylation sites is 1. The third-order valence-corrected chi connectivity index (χ3v) is 8.95. The van der Waals surface area contributed by atoms with Crippen molar-refractivity contribution in [2.75, 3.05) is 19.8 Å². The highest BCUT2D eigenvalue weighted by Gasteiger charge is 2.33. The first-order valence-electron chi connectivity index (χ1n) is 19.2. The molecule has 0 aliphatic carbocycles. The summed E-state index contributed by atoms with van der Waals surface area (Å²) < 4.78 is 0. The first-order chi connectivity index (χ1) is 28.2. The fraction of sp³-hybridized carbons (Fsp3) is 0.553. The van der Waals surface area contributed by atoms with Crippen LogP contribution in [0.2, 0.25) is 0 Å². The molecule has 60 heavy (non-hydrogen) atoms. The number of carboxylic acid groups (broad SMARTS) is 2. The Bertz CT molecular complexity index is 1850. The Morgan fingerprint density at radius 1 is 0.633 bits per heavy atom. The molecule has 0 saturated carbocycles. The normalized spacial score (nSPS) is 14.7. The molecule has 2 aromatic rings. The first-order valence-corrected chi connectivity index (χ1v) is 19.2. The molecule has 0 saturated heterocycles. The maximum absolute atomic E-state index is 13.6. The second kappa shape index (κ2) is 24.1. The highest BCUT2D eigenvalue weighted by molar-refractivity contribution is 5.97. The van der Waals surface area contributed by atoms with Gasteiger partial charge in [-0.15, -0.1) is 0 Å². The van der Waals surface area contributed by atoms with Crippen molar-refractivity contribution in [1.29, 1.82) is 0 Å². The van der Waals surface area contributed by atoms with Gasteiger partial charge in [0, 0.05) is 23.5 Å². The molecule has 22 heteroatoms. The Kier molecular flexibility index (Phi) is 20.1. The van der Waals surface area contributed by atoms with Gasteiger partial charge in [0.2, 0.25) is 41.4 Å². The van der Waals surface area contributed by atoms with E-state index >= 15 is 0 Å². The van der Waals surface area contributed by atoms with E-state index in [0.717, 1.165) is 10.9 Å². The SMILES string of the molecule is CC(C)C[C@H](NC(=O)[C@H](Cc1c[nH]c2ccccc12)NC(=O)[C@H](CO)NC(=O)[C@H](CC(C)C)NC(=O)CNC(=O)[C@H](C)NC(=O)[C@H](CO)NC(=O)[C@@H](N)CC(=O)O)C(=O)O. The van der Waals surface area contributed by atoms with Gasteiger partial charge in [-0.25, -0.2) is 4.79 Å². The average Bonchev–Trinajstić information content (AvgIpc) is 3.58. The number of aliphatic hydroxyl groups excluding tert-OH is 2. The van der Waals surface area contributed by atoms with Crippen molar-refractivity contribution >= 4 is 64.2 Å². The quantitative estimate of drug-likeness (QED) is 0.0466. The van der Waals surface area contributed by atoms with E-state index in [9.17, 15) is 58.5 Å². The second-order valence-electron chi connectivity index (χ2n) is 15.0. The number of nitrogens with two attached hydrogens (primary N) is 1. The van der Waals surface area contributed by atoms with Crippen molar-refractivity contribution in [3.63, 3.8) is 0 Å². The van der Waals surface area contributed by atoms with Crippen molar-refractivity contribution < 1.29 is 63.6 Å². The fourth-order valence-corrected chi connectivity index (χ4v) is 5.84. The van der Waals surface area contributed by atoms with Crippen molar-refractivity contribution in [2.45, 2.75) is 103 Å². The van der Waals surface area contributed by atoms with Gasteiger partial charge < -0.3 is 68.4 Å². The number of rotatable bonds is 25. The van der Waals surface area contributed by atoms with E-state index in [0.29, 0.717) is 5.56 Å². The number of carbonyl (C=O) groups excluding carboxylic acids is 7. The molecule has 7 atom stereocenters. The minimum absolute atomic E-state index is 0.0418. The molecule has 1 heterocycles. The minimum atomic E-state index is -1.63. The molecule has 22 nitrogen and oxygen atoms in total. The number of hydrogen-bond acceptors (Lipinski definition) is 12. The van der Waals surface area contributed by atoms with E-state index in [2.05, 4.69) is 42.2 Å². The maximum Gasteiger partial charge on any atom is 0.326 e. The maximum atomic E-state index is 13.6. The van der Waals surface area contributed by atoms with Gasteiger partial charge >= 0.3 is 11.9 Å². The number of aromatic nitrogens is 1. The van der Waals surface area contributed by atoms with E-state index in [1.54, 1.807) is 58.2 Å². The lowest BCUT2D eigenvalue weighted by molar-refractivity contribution is -0.143. The molecule has 2 rings (SSSR count). The summed E-state index contributed by atoms with van der Waals surface area (Å²) in [6, 6.07) is -2.76. The van der Waals surface area contributed by atoms with Crippen molar-refractivity contribution in [3.8, 4) is 0 Å². The lowest BCUT2D eigenvalue weighted by atomic mass is 10.0. The van der Waals surface area contributed by atoms with Crippen LogP contribution in [0.1, 0.15) is 59.4 Å². The van der Waals surface area contributed by atoms with Crippen LogP contribution in [-0.4, -0.2) is 141 Å². The number of hydrogen-bond donors (Lipinski definition) is 13. The summed E-state index contributed by atoms with van der Waals surface area (Å²) in [5.74, 6) is -9.40. The van der Waals surface area contributed by atoms with E-state index in [4.69, 9.17) is 10.8 Å². The summed E-state index contributed by atoms with van der Waals surface area (Å²) in [7, 11) is 0. The number of aliphatic hydroxyl groups is 2. The zero-order valence-corrected chi connectivity index (χ0v) is 34.1. The monoisotopic (exact) mass is 847 g/mol. The van der Waals surface area contributed by atoms with E-state index < -0.39 is 122 Å². The van der Waals surface area contributed by atoms with Gasteiger partial charge in [0.1, 0.15) is 36.3 Å². The summed E-state index contributed by atoms with van der Waals surface area (Å²) in [5.41, 5.74) is 6.83. The zero-order valence-electron chi connectivity index (χ0n) is 34.1. The van der Waals surface area contributed by atoms with Crippen LogP contribution >= 0.6 is 0 Å². The summed E-state index contributed by atoms with van der Waals surface area (Å²) >= 11 is 0. The van der Waals surface area contributed by atoms with Gasteiger partial charge in [-0.2, -0.15) is 0 Å². The summed E-state index contributed by atoms with van der Waals surface area (Å²) in [5, 5.41) is 55.4. The summed E-state index contributed by atoms with van der Waals surface area (Å²) in [6.45, 7) is 5.75. The smallest absolute Gasteiger partial charge is 0.326 e. The van der Waals surface area contributed by atoms with Crippen LogP contribution < -0.4 is 43.0 Å². The highest BCUT2D eigenvalue weighted by Crippen LogP contribution is 2.19. The van der Waals surface area contributed by atoms with Crippen molar-refractivity contribution in [2.24, 2.45) is 17.6 Å². The predicted octanol–water partition coefficient (Wildman–Crippen LogP) is -3.28. The topological polar surface area (TPSA) is 361 Å². The summed E-state index contributed by atoms with van der Waals surface area (Å²) in [6.07, 6.45) is 0.952. The molecule has 1 aromatic carbocycles. The number of carboxylic acids is 2. The molecular formula is C38H57N9O13. The van der Waals surface area contributed by atoms with Gasteiger partial charge in [0.25, 0.3) is 0 Å². The van der Waals surface area contributed by atoms with Crippen LogP contribution in [0, 0.1) is 11.8 Å². The molecule has 0 aliphatic rings. The lowest BCUT2D eigenvalue weighted by Crippen LogP contribution is -2.59. The molecule has 0 spiro atoms. The van der Waals surface area contributed by atoms with Crippen LogP contribution in [0.4, 0.5) is 0 Å². The number of aliphatic carboxylic acids is 2. The van der Waals surface area contributed by atoms with Crippen LogP contribution in [0.5, 0.6) is 0 Å². The molecule has 0 bridgehead atoms. The average molecular weight is 848 g/mol. The molecular weight excluding hydrogens is 790 g/mol. The molecule has 1 aromatic heterocycles. The molecule has 7 amide bonds. The van der Waals surface area contributed by atoms with Gasteiger partial charge in [0.15, 0.2) is 0 Å². The Morgan fingerprint density at radius 3 is 1.70 bits per heavy atom.